The van der Waals surface area contributed by atoms with Gasteiger partial charge in [0.1, 0.15) is 0 Å². The molecule has 1 atom stereocenters. The minimum Gasteiger partial charge on any atom is -0.362 e. The average Bonchev–Trinajstić information content (AvgIpc) is 2.67. The summed E-state index contributed by atoms with van der Waals surface area (Å²) in [6.45, 7) is 9.72. The molecule has 1 aliphatic rings. The van der Waals surface area contributed by atoms with Crippen LogP contribution in [0.3, 0.4) is 0 Å². The van der Waals surface area contributed by atoms with Crippen LogP contribution in [0.2, 0.25) is 0 Å². The summed E-state index contributed by atoms with van der Waals surface area (Å²) in [7, 11) is 0. The molecule has 1 aromatic rings. The molecule has 1 aromatic heterocycles. The Kier molecular flexibility index (Phi) is 4.73. The number of rotatable bonds is 3. The van der Waals surface area contributed by atoms with Crippen LogP contribution in [0.4, 0.5) is 0 Å². The fraction of sp³-hybridized carbons (Fsp3) is 0.643. The fourth-order valence-electron chi connectivity index (χ4n) is 2.02. The van der Waals surface area contributed by atoms with Crippen molar-refractivity contribution in [3.63, 3.8) is 0 Å². The van der Waals surface area contributed by atoms with Crippen molar-refractivity contribution in [2.24, 2.45) is 10.9 Å². The highest BCUT2D eigenvalue weighted by Crippen LogP contribution is 2.23. The van der Waals surface area contributed by atoms with Crippen molar-refractivity contribution < 1.29 is 0 Å². The number of nitrogens with zero attached hydrogens (tertiary/aromatic N) is 1. The van der Waals surface area contributed by atoms with E-state index in [9.17, 15) is 0 Å². The zero-order valence-electron chi connectivity index (χ0n) is 11.6. The van der Waals surface area contributed by atoms with Crippen LogP contribution in [0.25, 0.3) is 0 Å². The van der Waals surface area contributed by atoms with Crippen LogP contribution in [0.1, 0.15) is 35.6 Å². The van der Waals surface area contributed by atoms with Crippen LogP contribution in [0.15, 0.2) is 11.1 Å². The molecule has 100 valence electrons. The molecule has 2 rings (SSSR count). The van der Waals surface area contributed by atoms with Crippen LogP contribution in [0.5, 0.6) is 0 Å². The predicted octanol–water partition coefficient (Wildman–Crippen LogP) is 3.97. The molecule has 4 heteroatoms. The van der Waals surface area contributed by atoms with Gasteiger partial charge in [-0.1, -0.05) is 25.6 Å². The van der Waals surface area contributed by atoms with Gasteiger partial charge in [-0.15, -0.1) is 11.3 Å². The second-order valence-corrected chi connectivity index (χ2v) is 7.63. The van der Waals surface area contributed by atoms with E-state index in [2.05, 4.69) is 39.1 Å². The first-order valence-electron chi connectivity index (χ1n) is 6.56. The number of thiophene rings is 1. The minimum atomic E-state index is 0.594. The maximum atomic E-state index is 4.72. The Hall–Kier alpha value is -0.480. The lowest BCUT2D eigenvalue weighted by atomic mass is 10.0. The summed E-state index contributed by atoms with van der Waals surface area (Å²) in [4.78, 5) is 7.50. The standard InChI is InChI=1S/C14H22N2S2/c1-9(2)13-5-6-17-14(16-13)15-8-12-7-10(3)11(4)18-12/h7,9,13H,5-6,8H2,1-4H3,(H,15,16). The third-order valence-electron chi connectivity index (χ3n) is 3.38. The van der Waals surface area contributed by atoms with E-state index in [4.69, 9.17) is 4.99 Å². The van der Waals surface area contributed by atoms with Crippen molar-refractivity contribution in [1.29, 1.82) is 0 Å². The van der Waals surface area contributed by atoms with Gasteiger partial charge in [0, 0.05) is 21.5 Å². The molecule has 1 N–H and O–H groups in total. The maximum absolute atomic E-state index is 4.72. The molecule has 0 saturated carbocycles. The molecule has 2 heterocycles. The lowest BCUT2D eigenvalue weighted by Gasteiger charge is -2.28. The van der Waals surface area contributed by atoms with E-state index < -0.39 is 0 Å². The molecule has 0 radical (unpaired) electrons. The highest BCUT2D eigenvalue weighted by molar-refractivity contribution is 8.13. The van der Waals surface area contributed by atoms with E-state index in [-0.39, 0.29) is 0 Å². The predicted molar refractivity (Wildman–Crippen MR) is 83.8 cm³/mol. The molecule has 0 spiro atoms. The van der Waals surface area contributed by atoms with Gasteiger partial charge in [0.15, 0.2) is 5.17 Å². The van der Waals surface area contributed by atoms with Crippen molar-refractivity contribution >= 4 is 28.3 Å². The molecule has 1 fully saturated rings. The van der Waals surface area contributed by atoms with Gasteiger partial charge in [0.05, 0.1) is 6.54 Å². The quantitative estimate of drug-likeness (QED) is 0.907. The number of hydrogen-bond donors (Lipinski definition) is 1. The topological polar surface area (TPSA) is 24.4 Å². The summed E-state index contributed by atoms with van der Waals surface area (Å²) in [5.74, 6) is 1.87. The summed E-state index contributed by atoms with van der Waals surface area (Å²) < 4.78 is 0. The van der Waals surface area contributed by atoms with Gasteiger partial charge >= 0.3 is 0 Å². The third kappa shape index (κ3) is 3.51. The zero-order chi connectivity index (χ0) is 13.1. The van der Waals surface area contributed by atoms with E-state index >= 15 is 0 Å². The van der Waals surface area contributed by atoms with Gasteiger partial charge in [-0.25, -0.2) is 0 Å². The normalized spacial score (nSPS) is 22.5. The van der Waals surface area contributed by atoms with E-state index in [1.807, 2.05) is 23.1 Å². The maximum Gasteiger partial charge on any atom is 0.157 e. The molecule has 0 aliphatic carbocycles. The first-order chi connectivity index (χ1) is 8.56. The van der Waals surface area contributed by atoms with Gasteiger partial charge in [0.2, 0.25) is 0 Å². The van der Waals surface area contributed by atoms with Gasteiger partial charge < -0.3 is 5.32 Å². The molecule has 0 bridgehead atoms. The summed E-state index contributed by atoms with van der Waals surface area (Å²) in [6, 6.07) is 2.86. The number of hydrogen-bond acceptors (Lipinski definition) is 3. The minimum absolute atomic E-state index is 0.594. The molecular weight excluding hydrogens is 260 g/mol. The number of amidine groups is 1. The van der Waals surface area contributed by atoms with Crippen molar-refractivity contribution in [1.82, 2.24) is 5.32 Å². The van der Waals surface area contributed by atoms with Crippen LogP contribution < -0.4 is 5.32 Å². The van der Waals surface area contributed by atoms with Gasteiger partial charge in [-0.2, -0.15) is 0 Å². The van der Waals surface area contributed by atoms with E-state index in [1.54, 1.807) is 0 Å². The number of aryl methyl sites for hydroxylation is 2. The Labute approximate surface area is 118 Å². The molecule has 0 aromatic carbocycles. The van der Waals surface area contributed by atoms with E-state index in [0.29, 0.717) is 12.0 Å². The number of thioether (sulfide) groups is 1. The van der Waals surface area contributed by atoms with Gasteiger partial charge in [0.25, 0.3) is 0 Å². The second-order valence-electron chi connectivity index (χ2n) is 5.21. The summed E-state index contributed by atoms with van der Waals surface area (Å²) in [5.41, 5.74) is 1.39. The highest BCUT2D eigenvalue weighted by Gasteiger charge is 2.19. The highest BCUT2D eigenvalue weighted by atomic mass is 32.2. The largest absolute Gasteiger partial charge is 0.362 e. The van der Waals surface area contributed by atoms with Gasteiger partial charge in [-0.3, -0.25) is 4.99 Å². The monoisotopic (exact) mass is 282 g/mol. The number of aliphatic imine (C=N–C) groups is 1. The first kappa shape index (κ1) is 13.9. The Morgan fingerprint density at radius 2 is 2.22 bits per heavy atom. The van der Waals surface area contributed by atoms with E-state index in [0.717, 1.165) is 11.7 Å². The average molecular weight is 282 g/mol. The van der Waals surface area contributed by atoms with Crippen LogP contribution in [0, 0.1) is 19.8 Å². The lowest BCUT2D eigenvalue weighted by molar-refractivity contribution is 0.442. The molecule has 1 saturated heterocycles. The van der Waals surface area contributed by atoms with E-state index in [1.165, 1.54) is 27.5 Å². The third-order valence-corrected chi connectivity index (χ3v) is 5.47. The Balaban J connectivity index is 1.96. The van der Waals surface area contributed by atoms with Crippen molar-refractivity contribution in [2.45, 2.75) is 46.7 Å². The lowest BCUT2D eigenvalue weighted by Crippen LogP contribution is -2.41. The van der Waals surface area contributed by atoms with Gasteiger partial charge in [-0.05, 0) is 37.8 Å². The van der Waals surface area contributed by atoms with Crippen LogP contribution >= 0.6 is 23.1 Å². The zero-order valence-corrected chi connectivity index (χ0v) is 13.3. The summed E-state index contributed by atoms with van der Waals surface area (Å²) in [6.07, 6.45) is 1.25. The Morgan fingerprint density at radius 3 is 2.83 bits per heavy atom. The number of nitrogens with one attached hydrogen (secondary N) is 1. The van der Waals surface area contributed by atoms with Crippen LogP contribution in [-0.2, 0) is 6.54 Å². The summed E-state index contributed by atoms with van der Waals surface area (Å²) in [5, 5.41) is 4.69. The smallest absolute Gasteiger partial charge is 0.157 e. The molecule has 1 aliphatic heterocycles. The van der Waals surface area contributed by atoms with Crippen molar-refractivity contribution in [3.05, 3.63) is 21.4 Å². The molecular formula is C14H22N2S2. The first-order valence-corrected chi connectivity index (χ1v) is 8.36. The van der Waals surface area contributed by atoms with Crippen molar-refractivity contribution in [2.75, 3.05) is 5.75 Å². The SMILES string of the molecule is Cc1cc(CN=C2NC(C(C)C)CCS2)sc1C. The van der Waals surface area contributed by atoms with Crippen LogP contribution in [-0.4, -0.2) is 17.0 Å². The second kappa shape index (κ2) is 6.11. The molecule has 0 amide bonds. The molecule has 2 nitrogen and oxygen atoms in total. The van der Waals surface area contributed by atoms with Crippen molar-refractivity contribution in [3.8, 4) is 0 Å². The molecule has 18 heavy (non-hydrogen) atoms. The molecule has 1 unspecified atom stereocenters. The Bertz CT molecular complexity index is 416. The summed E-state index contributed by atoms with van der Waals surface area (Å²) >= 11 is 3.72. The fourth-order valence-corrected chi connectivity index (χ4v) is 3.96. The Morgan fingerprint density at radius 1 is 1.44 bits per heavy atom.